The standard InChI is InChI=1S/C50H35N4/c1-3-14-33(15-4-1)49-41-22-7-10-23-44(41)51-50(52-49)36-16-13-19-38(30-36)54-46-25-12-9-21-40(46)43-32-35(27-29-48(43)54)34-26-28-47-42(31-34)39-20-8-11-24-45(39)53(47)37-17-5-2-6-18-37/h1-32,49-51H/q-1. The molecule has 2 unspecified atom stereocenters. The largest absolute Gasteiger partial charge is 0.628 e. The molecule has 10 aromatic rings. The summed E-state index contributed by atoms with van der Waals surface area (Å²) >= 11 is 0. The average Bonchev–Trinajstić information content (AvgIpc) is 3.76. The summed E-state index contributed by atoms with van der Waals surface area (Å²) in [4.78, 5) is 0. The Morgan fingerprint density at radius 3 is 1.59 bits per heavy atom. The second-order valence-corrected chi connectivity index (χ2v) is 14.2. The van der Waals surface area contributed by atoms with E-state index in [1.54, 1.807) is 0 Å². The predicted molar refractivity (Wildman–Crippen MR) is 225 cm³/mol. The first-order valence-corrected chi connectivity index (χ1v) is 18.6. The maximum atomic E-state index is 5.39. The summed E-state index contributed by atoms with van der Waals surface area (Å²) in [6.07, 6.45) is -0.187. The summed E-state index contributed by atoms with van der Waals surface area (Å²) in [5, 5.41) is 14.1. The summed E-state index contributed by atoms with van der Waals surface area (Å²) in [6.45, 7) is 0. The third-order valence-electron chi connectivity index (χ3n) is 11.1. The molecule has 1 N–H and O–H groups in total. The molecule has 2 atom stereocenters. The second kappa shape index (κ2) is 12.4. The van der Waals surface area contributed by atoms with E-state index >= 15 is 0 Å². The molecule has 0 fully saturated rings. The van der Waals surface area contributed by atoms with Crippen molar-refractivity contribution in [3.05, 3.63) is 216 Å². The van der Waals surface area contributed by atoms with Crippen molar-refractivity contribution in [3.8, 4) is 22.5 Å². The van der Waals surface area contributed by atoms with Crippen LogP contribution in [0.15, 0.2) is 194 Å². The number of aromatic nitrogens is 2. The van der Waals surface area contributed by atoms with Gasteiger partial charge < -0.3 is 19.8 Å². The fourth-order valence-corrected chi connectivity index (χ4v) is 8.62. The van der Waals surface area contributed by atoms with Crippen LogP contribution in [-0.2, 0) is 0 Å². The van der Waals surface area contributed by atoms with Crippen LogP contribution in [0.1, 0.15) is 28.9 Å². The molecule has 0 spiro atoms. The van der Waals surface area contributed by atoms with Crippen molar-refractivity contribution >= 4 is 49.3 Å². The Morgan fingerprint density at radius 1 is 0.389 bits per heavy atom. The van der Waals surface area contributed by atoms with Crippen molar-refractivity contribution in [1.82, 2.24) is 9.13 Å². The monoisotopic (exact) mass is 691 g/mol. The molecule has 0 saturated heterocycles. The van der Waals surface area contributed by atoms with Crippen LogP contribution in [-0.4, -0.2) is 9.13 Å². The van der Waals surface area contributed by atoms with Gasteiger partial charge in [0, 0.05) is 38.6 Å². The molecule has 0 radical (unpaired) electrons. The molecule has 0 saturated carbocycles. The van der Waals surface area contributed by atoms with Crippen LogP contribution in [0.5, 0.6) is 0 Å². The molecule has 256 valence electrons. The zero-order valence-electron chi connectivity index (χ0n) is 29.5. The molecule has 3 heterocycles. The summed E-state index contributed by atoms with van der Waals surface area (Å²) in [5.41, 5.74) is 14.2. The van der Waals surface area contributed by atoms with E-state index in [4.69, 9.17) is 5.32 Å². The molecule has 1 aliphatic heterocycles. The third kappa shape index (κ3) is 4.88. The highest BCUT2D eigenvalue weighted by molar-refractivity contribution is 6.12. The van der Waals surface area contributed by atoms with E-state index < -0.39 is 0 Å². The Hall–Kier alpha value is -6.88. The Kier molecular flexibility index (Phi) is 7.04. The summed E-state index contributed by atoms with van der Waals surface area (Å²) < 4.78 is 4.77. The minimum Gasteiger partial charge on any atom is -0.628 e. The van der Waals surface area contributed by atoms with Gasteiger partial charge in [0.05, 0.1) is 22.1 Å². The number of hydrogen-bond acceptors (Lipinski definition) is 1. The topological polar surface area (TPSA) is 36.0 Å². The molecule has 2 aromatic heterocycles. The molecule has 4 heteroatoms. The van der Waals surface area contributed by atoms with E-state index in [9.17, 15) is 0 Å². The lowest BCUT2D eigenvalue weighted by Gasteiger charge is -2.47. The lowest BCUT2D eigenvalue weighted by Crippen LogP contribution is -2.20. The van der Waals surface area contributed by atoms with Gasteiger partial charge in [0.1, 0.15) is 0 Å². The minimum atomic E-state index is -0.187. The third-order valence-corrected chi connectivity index (χ3v) is 11.1. The van der Waals surface area contributed by atoms with Crippen LogP contribution >= 0.6 is 0 Å². The molecule has 0 bridgehead atoms. The maximum Gasteiger partial charge on any atom is 0.0541 e. The number of rotatable bonds is 5. The highest BCUT2D eigenvalue weighted by atomic mass is 15.2. The van der Waals surface area contributed by atoms with E-state index in [2.05, 4.69) is 209 Å². The van der Waals surface area contributed by atoms with E-state index in [1.165, 1.54) is 71.6 Å². The molecular formula is C50H35N4-. The lowest BCUT2D eigenvalue weighted by atomic mass is 9.93. The van der Waals surface area contributed by atoms with Gasteiger partial charge in [0.2, 0.25) is 0 Å². The highest BCUT2D eigenvalue weighted by Gasteiger charge is 2.20. The molecule has 0 amide bonds. The van der Waals surface area contributed by atoms with Crippen molar-refractivity contribution < 1.29 is 0 Å². The Morgan fingerprint density at radius 2 is 0.907 bits per heavy atom. The van der Waals surface area contributed by atoms with Crippen LogP contribution < -0.4 is 5.32 Å². The zero-order chi connectivity index (χ0) is 35.6. The van der Waals surface area contributed by atoms with Gasteiger partial charge in [-0.15, -0.1) is 0 Å². The molecule has 4 nitrogen and oxygen atoms in total. The number of anilines is 1. The van der Waals surface area contributed by atoms with Gasteiger partial charge in [-0.25, -0.2) is 0 Å². The molecule has 11 rings (SSSR count). The van der Waals surface area contributed by atoms with E-state index in [0.29, 0.717) is 0 Å². The van der Waals surface area contributed by atoms with E-state index in [0.717, 1.165) is 16.9 Å². The van der Waals surface area contributed by atoms with Crippen LogP contribution in [0.4, 0.5) is 5.69 Å². The van der Waals surface area contributed by atoms with E-state index in [1.807, 2.05) is 0 Å². The van der Waals surface area contributed by atoms with Gasteiger partial charge in [0.25, 0.3) is 0 Å². The SMILES string of the molecule is c1ccc(C2[N-]C(c3cccc(-n4c5ccccc5c5cc(-c6ccc7c(c6)c6ccccc6n7-c6ccccc6)ccc54)c3)Nc3ccccc32)cc1. The summed E-state index contributed by atoms with van der Waals surface area (Å²) in [5.74, 6) is 0. The summed E-state index contributed by atoms with van der Waals surface area (Å²) in [6, 6.07) is 70.0. The van der Waals surface area contributed by atoms with Crippen molar-refractivity contribution in [1.29, 1.82) is 0 Å². The van der Waals surface area contributed by atoms with Crippen molar-refractivity contribution in [2.75, 3.05) is 5.32 Å². The second-order valence-electron chi connectivity index (χ2n) is 14.2. The Labute approximate surface area is 313 Å². The number of benzene rings is 8. The highest BCUT2D eigenvalue weighted by Crippen LogP contribution is 2.46. The maximum absolute atomic E-state index is 5.39. The Bertz CT molecular complexity index is 3010. The number of hydrogen-bond donors (Lipinski definition) is 1. The number of para-hydroxylation sites is 4. The van der Waals surface area contributed by atoms with Crippen molar-refractivity contribution in [2.24, 2.45) is 0 Å². The van der Waals surface area contributed by atoms with Crippen LogP contribution in [0, 0.1) is 0 Å². The smallest absolute Gasteiger partial charge is 0.0541 e. The zero-order valence-corrected chi connectivity index (χ0v) is 29.5. The first-order chi connectivity index (χ1) is 26.8. The van der Waals surface area contributed by atoms with Crippen LogP contribution in [0.2, 0.25) is 0 Å². The van der Waals surface area contributed by atoms with Crippen LogP contribution in [0.25, 0.3) is 71.4 Å². The minimum absolute atomic E-state index is 0.0435. The first-order valence-electron chi connectivity index (χ1n) is 18.6. The molecule has 0 aliphatic carbocycles. The quantitative estimate of drug-likeness (QED) is 0.192. The number of nitrogens with one attached hydrogen (secondary N) is 1. The van der Waals surface area contributed by atoms with Crippen molar-refractivity contribution in [2.45, 2.75) is 12.2 Å². The fraction of sp³-hybridized carbons (Fsp3) is 0.0400. The van der Waals surface area contributed by atoms with Gasteiger partial charge >= 0.3 is 0 Å². The van der Waals surface area contributed by atoms with Gasteiger partial charge in [-0.05, 0) is 95.1 Å². The van der Waals surface area contributed by atoms with Gasteiger partial charge in [-0.2, -0.15) is 0 Å². The molecule has 54 heavy (non-hydrogen) atoms. The molecule has 1 aliphatic rings. The van der Waals surface area contributed by atoms with Crippen molar-refractivity contribution in [3.63, 3.8) is 0 Å². The Balaban J connectivity index is 1.01. The van der Waals surface area contributed by atoms with Gasteiger partial charge in [-0.3, -0.25) is 0 Å². The number of nitrogens with zero attached hydrogens (tertiary/aromatic N) is 3. The fourth-order valence-electron chi connectivity index (χ4n) is 8.62. The van der Waals surface area contributed by atoms with Gasteiger partial charge in [0.15, 0.2) is 0 Å². The van der Waals surface area contributed by atoms with Gasteiger partial charge in [-0.1, -0.05) is 139 Å². The van der Waals surface area contributed by atoms with E-state index in [-0.39, 0.29) is 12.2 Å². The average molecular weight is 692 g/mol. The molecule has 8 aromatic carbocycles. The lowest BCUT2D eigenvalue weighted by molar-refractivity contribution is 0.775. The van der Waals surface area contributed by atoms with Crippen LogP contribution in [0.3, 0.4) is 0 Å². The number of fused-ring (bicyclic) bond motifs is 7. The molecular weight excluding hydrogens is 657 g/mol. The first kappa shape index (κ1) is 30.7. The normalized spacial score (nSPS) is 15.5. The predicted octanol–water partition coefficient (Wildman–Crippen LogP) is 13.1. The summed E-state index contributed by atoms with van der Waals surface area (Å²) in [7, 11) is 0.